The number of fused-ring (bicyclic) bond motifs is 1. The topological polar surface area (TPSA) is 21.3 Å². The maximum Gasteiger partial charge on any atom is 0.387 e. The Morgan fingerprint density at radius 1 is 1.19 bits per heavy atom. The zero-order chi connectivity index (χ0) is 14.8. The Morgan fingerprint density at radius 3 is 2.81 bits per heavy atom. The molecule has 2 aromatic carbocycles. The van der Waals surface area contributed by atoms with Crippen molar-refractivity contribution in [3.63, 3.8) is 0 Å². The van der Waals surface area contributed by atoms with Crippen LogP contribution in [0.2, 0.25) is 5.02 Å². The smallest absolute Gasteiger partial charge is 0.387 e. The lowest BCUT2D eigenvalue weighted by atomic mass is 10.1. The molecule has 0 aromatic heterocycles. The number of anilines is 1. The van der Waals surface area contributed by atoms with Gasteiger partial charge in [-0.05, 0) is 48.2 Å². The van der Waals surface area contributed by atoms with Gasteiger partial charge in [-0.25, -0.2) is 0 Å². The number of ether oxygens (including phenoxy) is 1. The fourth-order valence-electron chi connectivity index (χ4n) is 2.71. The van der Waals surface area contributed by atoms with Crippen LogP contribution in [0.4, 0.5) is 14.5 Å². The van der Waals surface area contributed by atoms with Gasteiger partial charge in [-0.3, -0.25) is 0 Å². The van der Waals surface area contributed by atoms with Gasteiger partial charge in [0.05, 0.1) is 11.7 Å². The SMILES string of the molecule is FC(F)Oc1ccccc1NC1CCc2cc(Cl)ccc21. The summed E-state index contributed by atoms with van der Waals surface area (Å²) in [5.74, 6) is 0.162. The Morgan fingerprint density at radius 2 is 2.00 bits per heavy atom. The van der Waals surface area contributed by atoms with E-state index >= 15 is 0 Å². The van der Waals surface area contributed by atoms with Gasteiger partial charge in [0.1, 0.15) is 5.75 Å². The van der Waals surface area contributed by atoms with E-state index in [4.69, 9.17) is 11.6 Å². The number of aryl methyl sites for hydroxylation is 1. The van der Waals surface area contributed by atoms with Crippen molar-refractivity contribution >= 4 is 17.3 Å². The van der Waals surface area contributed by atoms with Gasteiger partial charge < -0.3 is 10.1 Å². The molecule has 2 aromatic rings. The first-order chi connectivity index (χ1) is 10.1. The molecule has 21 heavy (non-hydrogen) atoms. The van der Waals surface area contributed by atoms with E-state index in [2.05, 4.69) is 10.1 Å². The van der Waals surface area contributed by atoms with Crippen molar-refractivity contribution in [1.82, 2.24) is 0 Å². The van der Waals surface area contributed by atoms with Gasteiger partial charge >= 0.3 is 6.61 Å². The van der Waals surface area contributed by atoms with Crippen LogP contribution in [0.1, 0.15) is 23.6 Å². The molecule has 1 aliphatic rings. The minimum atomic E-state index is -2.83. The van der Waals surface area contributed by atoms with Crippen molar-refractivity contribution in [2.75, 3.05) is 5.32 Å². The minimum Gasteiger partial charge on any atom is -0.433 e. The summed E-state index contributed by atoms with van der Waals surface area (Å²) in [5, 5.41) is 4.01. The number of nitrogens with one attached hydrogen (secondary N) is 1. The molecule has 0 aliphatic heterocycles. The Balaban J connectivity index is 1.83. The molecule has 110 valence electrons. The van der Waals surface area contributed by atoms with Crippen LogP contribution < -0.4 is 10.1 Å². The predicted molar refractivity (Wildman–Crippen MR) is 79.2 cm³/mol. The summed E-state index contributed by atoms with van der Waals surface area (Å²) in [5.41, 5.74) is 2.93. The van der Waals surface area contributed by atoms with E-state index < -0.39 is 6.61 Å². The van der Waals surface area contributed by atoms with Crippen molar-refractivity contribution in [3.8, 4) is 5.75 Å². The van der Waals surface area contributed by atoms with E-state index in [9.17, 15) is 8.78 Å². The normalized spacial score (nSPS) is 16.9. The first-order valence-corrected chi connectivity index (χ1v) is 7.10. The zero-order valence-corrected chi connectivity index (χ0v) is 11.9. The molecule has 0 spiro atoms. The van der Waals surface area contributed by atoms with Gasteiger partial charge in [0, 0.05) is 5.02 Å². The van der Waals surface area contributed by atoms with Crippen LogP contribution in [0.15, 0.2) is 42.5 Å². The van der Waals surface area contributed by atoms with Crippen LogP contribution in [0.25, 0.3) is 0 Å². The summed E-state index contributed by atoms with van der Waals surface area (Å²) in [4.78, 5) is 0. The largest absolute Gasteiger partial charge is 0.433 e. The number of halogens is 3. The van der Waals surface area contributed by atoms with Crippen LogP contribution in [0.5, 0.6) is 5.75 Å². The van der Waals surface area contributed by atoms with Crippen LogP contribution >= 0.6 is 11.6 Å². The number of benzene rings is 2. The summed E-state index contributed by atoms with van der Waals surface area (Å²) in [6, 6.07) is 12.6. The third kappa shape index (κ3) is 3.10. The van der Waals surface area contributed by atoms with E-state index in [1.807, 2.05) is 18.2 Å². The zero-order valence-electron chi connectivity index (χ0n) is 11.2. The summed E-state index contributed by atoms with van der Waals surface area (Å²) in [6.07, 6.45) is 1.82. The molecule has 0 bridgehead atoms. The summed E-state index contributed by atoms with van der Waals surface area (Å²) >= 11 is 5.99. The Kier molecular flexibility index (Phi) is 3.97. The molecule has 0 fully saturated rings. The Labute approximate surface area is 126 Å². The highest BCUT2D eigenvalue weighted by Gasteiger charge is 2.23. The number of rotatable bonds is 4. The number of para-hydroxylation sites is 2. The molecule has 1 N–H and O–H groups in total. The molecule has 3 rings (SSSR count). The van der Waals surface area contributed by atoms with Crippen LogP contribution in [-0.4, -0.2) is 6.61 Å². The van der Waals surface area contributed by atoms with Crippen molar-refractivity contribution < 1.29 is 13.5 Å². The molecular formula is C16H14ClF2NO. The second kappa shape index (κ2) is 5.90. The van der Waals surface area contributed by atoms with Crippen molar-refractivity contribution in [2.45, 2.75) is 25.5 Å². The highest BCUT2D eigenvalue weighted by molar-refractivity contribution is 6.30. The monoisotopic (exact) mass is 309 g/mol. The van der Waals surface area contributed by atoms with Gasteiger partial charge in [0.2, 0.25) is 0 Å². The minimum absolute atomic E-state index is 0.0830. The van der Waals surface area contributed by atoms with E-state index in [-0.39, 0.29) is 11.8 Å². The summed E-state index contributed by atoms with van der Waals surface area (Å²) in [6.45, 7) is -2.83. The molecule has 0 saturated heterocycles. The fourth-order valence-corrected chi connectivity index (χ4v) is 2.90. The number of hydrogen-bond donors (Lipinski definition) is 1. The molecule has 0 radical (unpaired) electrons. The lowest BCUT2D eigenvalue weighted by Gasteiger charge is -2.18. The predicted octanol–water partition coefficient (Wildman–Crippen LogP) is 5.04. The van der Waals surface area contributed by atoms with E-state index in [0.717, 1.165) is 23.4 Å². The Bertz CT molecular complexity index is 648. The quantitative estimate of drug-likeness (QED) is 0.854. The highest BCUT2D eigenvalue weighted by atomic mass is 35.5. The molecule has 1 unspecified atom stereocenters. The Hall–Kier alpha value is -1.81. The van der Waals surface area contributed by atoms with Gasteiger partial charge in [-0.1, -0.05) is 29.8 Å². The maximum absolute atomic E-state index is 12.4. The average Bonchev–Trinajstić information content (AvgIpc) is 2.83. The van der Waals surface area contributed by atoms with Gasteiger partial charge in [0.25, 0.3) is 0 Å². The fraction of sp³-hybridized carbons (Fsp3) is 0.250. The first kappa shape index (κ1) is 14.1. The second-order valence-corrected chi connectivity index (χ2v) is 5.39. The van der Waals surface area contributed by atoms with E-state index in [1.165, 1.54) is 11.6 Å². The first-order valence-electron chi connectivity index (χ1n) is 6.72. The third-order valence-corrected chi connectivity index (χ3v) is 3.85. The standard InChI is InChI=1S/C16H14ClF2NO/c17-11-6-7-12-10(9-11)5-8-13(12)20-14-3-1-2-4-15(14)21-16(18)19/h1-4,6-7,9,13,16,20H,5,8H2. The van der Waals surface area contributed by atoms with Crippen LogP contribution in [0, 0.1) is 0 Å². The van der Waals surface area contributed by atoms with Gasteiger partial charge in [0.15, 0.2) is 0 Å². The van der Waals surface area contributed by atoms with Crippen LogP contribution in [0.3, 0.4) is 0 Å². The number of alkyl halides is 2. The molecule has 0 amide bonds. The third-order valence-electron chi connectivity index (χ3n) is 3.62. The molecule has 1 aliphatic carbocycles. The van der Waals surface area contributed by atoms with Gasteiger partial charge in [-0.15, -0.1) is 0 Å². The lowest BCUT2D eigenvalue weighted by Crippen LogP contribution is -2.10. The van der Waals surface area contributed by atoms with Gasteiger partial charge in [-0.2, -0.15) is 8.78 Å². The molecule has 0 heterocycles. The van der Waals surface area contributed by atoms with E-state index in [1.54, 1.807) is 18.2 Å². The van der Waals surface area contributed by atoms with Crippen LogP contribution in [-0.2, 0) is 6.42 Å². The summed E-state index contributed by atoms with van der Waals surface area (Å²) in [7, 11) is 0. The molecule has 0 saturated carbocycles. The summed E-state index contributed by atoms with van der Waals surface area (Å²) < 4.78 is 29.4. The van der Waals surface area contributed by atoms with E-state index in [0.29, 0.717) is 5.69 Å². The lowest BCUT2D eigenvalue weighted by molar-refractivity contribution is -0.0493. The molecule has 2 nitrogen and oxygen atoms in total. The molecular weight excluding hydrogens is 296 g/mol. The highest BCUT2D eigenvalue weighted by Crippen LogP contribution is 2.37. The van der Waals surface area contributed by atoms with Crippen molar-refractivity contribution in [1.29, 1.82) is 0 Å². The average molecular weight is 310 g/mol. The molecule has 5 heteroatoms. The van der Waals surface area contributed by atoms with Crippen molar-refractivity contribution in [2.24, 2.45) is 0 Å². The van der Waals surface area contributed by atoms with Crippen molar-refractivity contribution in [3.05, 3.63) is 58.6 Å². The molecule has 1 atom stereocenters. The number of hydrogen-bond acceptors (Lipinski definition) is 2. The second-order valence-electron chi connectivity index (χ2n) is 4.95. The maximum atomic E-state index is 12.4.